The van der Waals surface area contributed by atoms with Gasteiger partial charge >= 0.3 is 0 Å². The van der Waals surface area contributed by atoms with E-state index in [1.807, 2.05) is 49.3 Å². The molecule has 168 valence electrons. The highest BCUT2D eigenvalue weighted by atomic mass is 16.3. The number of amides is 2. The number of phenolic OH excluding ortho intramolecular Hbond substituents is 1. The van der Waals surface area contributed by atoms with Crippen LogP contribution in [0.3, 0.4) is 0 Å². The topological polar surface area (TPSA) is 94.0 Å². The molecule has 3 rings (SSSR count). The van der Waals surface area contributed by atoms with Gasteiger partial charge in [0.1, 0.15) is 11.4 Å². The number of carbonyl (C=O) groups excluding carboxylic acids is 2. The van der Waals surface area contributed by atoms with Gasteiger partial charge in [0.15, 0.2) is 0 Å². The van der Waals surface area contributed by atoms with Gasteiger partial charge in [-0.3, -0.25) is 9.59 Å². The van der Waals surface area contributed by atoms with Crippen molar-refractivity contribution in [1.29, 1.82) is 0 Å². The number of phenols is 1. The third-order valence-corrected chi connectivity index (χ3v) is 4.87. The number of aromatic hydroxyl groups is 1. The first-order valence-corrected chi connectivity index (χ1v) is 10.3. The fraction of sp³-hybridized carbons (Fsp3) is 0.115. The maximum Gasteiger partial charge on any atom is 0.287 e. The summed E-state index contributed by atoms with van der Waals surface area (Å²) in [6.07, 6.45) is 1.58. The van der Waals surface area contributed by atoms with Crippen molar-refractivity contribution in [2.75, 3.05) is 19.0 Å². The molecule has 0 heterocycles. The van der Waals surface area contributed by atoms with Crippen LogP contribution in [0.4, 0.5) is 5.69 Å². The third kappa shape index (κ3) is 6.30. The largest absolute Gasteiger partial charge is 0.507 e. The minimum Gasteiger partial charge on any atom is -0.507 e. The van der Waals surface area contributed by atoms with Gasteiger partial charge in [-0.2, -0.15) is 5.10 Å². The van der Waals surface area contributed by atoms with Gasteiger partial charge in [0, 0.05) is 30.9 Å². The maximum atomic E-state index is 12.9. The first kappa shape index (κ1) is 23.3. The molecule has 0 aliphatic carbocycles. The summed E-state index contributed by atoms with van der Waals surface area (Å²) in [6.45, 7) is 1.67. The van der Waals surface area contributed by atoms with Crippen LogP contribution >= 0.6 is 0 Å². The lowest BCUT2D eigenvalue weighted by Crippen LogP contribution is -2.33. The number of para-hydroxylation sites is 1. The van der Waals surface area contributed by atoms with E-state index in [4.69, 9.17) is 0 Å². The van der Waals surface area contributed by atoms with E-state index >= 15 is 0 Å². The average Bonchev–Trinajstić information content (AvgIpc) is 2.83. The van der Waals surface area contributed by atoms with Crippen molar-refractivity contribution in [3.63, 3.8) is 0 Å². The van der Waals surface area contributed by atoms with Gasteiger partial charge in [0.2, 0.25) is 0 Å². The van der Waals surface area contributed by atoms with E-state index in [2.05, 4.69) is 15.8 Å². The smallest absolute Gasteiger partial charge is 0.287 e. The minimum atomic E-state index is -0.592. The first-order chi connectivity index (χ1) is 15.8. The molecule has 3 aromatic carbocycles. The van der Waals surface area contributed by atoms with Gasteiger partial charge in [-0.25, -0.2) is 5.43 Å². The van der Waals surface area contributed by atoms with Crippen LogP contribution in [0.25, 0.3) is 6.08 Å². The Morgan fingerprint density at radius 1 is 0.909 bits per heavy atom. The van der Waals surface area contributed by atoms with Crippen molar-refractivity contribution < 1.29 is 14.7 Å². The molecule has 0 radical (unpaired) electrons. The molecule has 7 nitrogen and oxygen atoms in total. The predicted molar refractivity (Wildman–Crippen MR) is 131 cm³/mol. The number of rotatable bonds is 7. The zero-order valence-corrected chi connectivity index (χ0v) is 18.7. The number of benzene rings is 3. The molecule has 0 aliphatic heterocycles. The zero-order valence-electron chi connectivity index (χ0n) is 18.7. The van der Waals surface area contributed by atoms with E-state index < -0.39 is 11.8 Å². The molecule has 0 spiro atoms. The fourth-order valence-electron chi connectivity index (χ4n) is 3.01. The summed E-state index contributed by atoms with van der Waals surface area (Å²) in [6, 6.07) is 22.9. The van der Waals surface area contributed by atoms with Gasteiger partial charge in [-0.1, -0.05) is 42.5 Å². The van der Waals surface area contributed by atoms with Crippen LogP contribution in [0.15, 0.2) is 89.7 Å². The zero-order chi connectivity index (χ0) is 23.8. The van der Waals surface area contributed by atoms with Gasteiger partial charge < -0.3 is 15.3 Å². The Balaban J connectivity index is 1.86. The number of hydrogen-bond acceptors (Lipinski definition) is 5. The quantitative estimate of drug-likeness (QED) is 0.295. The molecule has 0 saturated carbocycles. The van der Waals surface area contributed by atoms with Crippen molar-refractivity contribution in [3.05, 3.63) is 101 Å². The molecule has 0 fully saturated rings. The minimum absolute atomic E-state index is 0.0373. The summed E-state index contributed by atoms with van der Waals surface area (Å²) >= 11 is 0. The van der Waals surface area contributed by atoms with Crippen molar-refractivity contribution >= 4 is 29.3 Å². The monoisotopic (exact) mass is 442 g/mol. The summed E-state index contributed by atoms with van der Waals surface area (Å²) in [5.74, 6) is -0.948. The number of nitrogens with zero attached hydrogens (tertiary/aromatic N) is 2. The highest BCUT2D eigenvalue weighted by molar-refractivity contribution is 6.06. The Morgan fingerprint density at radius 2 is 1.55 bits per heavy atom. The van der Waals surface area contributed by atoms with Crippen LogP contribution in [0.5, 0.6) is 5.75 Å². The van der Waals surface area contributed by atoms with E-state index in [0.717, 1.165) is 11.3 Å². The Morgan fingerprint density at radius 3 is 2.18 bits per heavy atom. The highest BCUT2D eigenvalue weighted by Gasteiger charge is 2.15. The van der Waals surface area contributed by atoms with E-state index in [1.165, 1.54) is 0 Å². The Labute approximate surface area is 193 Å². The lowest BCUT2D eigenvalue weighted by Gasteiger charge is -2.13. The summed E-state index contributed by atoms with van der Waals surface area (Å²) < 4.78 is 0. The second-order valence-electron chi connectivity index (χ2n) is 7.52. The van der Waals surface area contributed by atoms with Crippen LogP contribution < -0.4 is 15.6 Å². The third-order valence-electron chi connectivity index (χ3n) is 4.87. The highest BCUT2D eigenvalue weighted by Crippen LogP contribution is 2.17. The fourth-order valence-corrected chi connectivity index (χ4v) is 3.01. The summed E-state index contributed by atoms with van der Waals surface area (Å²) in [4.78, 5) is 27.6. The van der Waals surface area contributed by atoms with E-state index in [0.29, 0.717) is 16.8 Å². The molecule has 0 aromatic heterocycles. The van der Waals surface area contributed by atoms with Gasteiger partial charge in [0.25, 0.3) is 11.8 Å². The Kier molecular flexibility index (Phi) is 7.60. The van der Waals surface area contributed by atoms with Crippen LogP contribution in [0.1, 0.15) is 28.4 Å². The molecule has 33 heavy (non-hydrogen) atoms. The molecule has 3 N–H and O–H groups in total. The van der Waals surface area contributed by atoms with E-state index in [-0.39, 0.29) is 11.4 Å². The van der Waals surface area contributed by atoms with Crippen LogP contribution in [0.2, 0.25) is 0 Å². The van der Waals surface area contributed by atoms with Gasteiger partial charge in [-0.05, 0) is 55.0 Å². The average molecular weight is 443 g/mol. The van der Waals surface area contributed by atoms with Crippen LogP contribution in [-0.2, 0) is 4.79 Å². The molecule has 3 aromatic rings. The molecular weight excluding hydrogens is 416 g/mol. The Hall–Kier alpha value is -4.39. The number of nitrogens with one attached hydrogen (secondary N) is 2. The molecule has 7 heteroatoms. The van der Waals surface area contributed by atoms with Crippen molar-refractivity contribution in [2.45, 2.75) is 6.92 Å². The molecule has 2 amide bonds. The van der Waals surface area contributed by atoms with Crippen molar-refractivity contribution in [1.82, 2.24) is 10.7 Å². The summed E-state index contributed by atoms with van der Waals surface area (Å²) in [5.41, 5.74) is 5.59. The number of hydrazone groups is 1. The lowest BCUT2D eigenvalue weighted by atomic mass is 10.1. The number of anilines is 1. The summed E-state index contributed by atoms with van der Waals surface area (Å²) in [5, 5.41) is 16.8. The molecule has 0 saturated heterocycles. The Bertz CT molecular complexity index is 1180. The molecule has 0 atom stereocenters. The van der Waals surface area contributed by atoms with Gasteiger partial charge in [-0.15, -0.1) is 0 Å². The van der Waals surface area contributed by atoms with Crippen molar-refractivity contribution in [2.24, 2.45) is 5.10 Å². The molecular formula is C26H26N4O3. The van der Waals surface area contributed by atoms with Crippen molar-refractivity contribution in [3.8, 4) is 5.75 Å². The second kappa shape index (κ2) is 10.8. The molecule has 0 bridgehead atoms. The standard InChI is InChI=1S/C26H26N4O3/c1-18(22-11-7-8-12-24(22)31)28-29-26(33)23(27-25(32)20-9-5-4-6-10-20)17-19-13-15-21(16-14-19)30(2)3/h4-17,31H,1-3H3,(H,27,32)(H,29,33)/b23-17-,28-18-. The second-order valence-corrected chi connectivity index (χ2v) is 7.52. The first-order valence-electron chi connectivity index (χ1n) is 10.3. The number of carbonyl (C=O) groups is 2. The predicted octanol–water partition coefficient (Wildman–Crippen LogP) is 3.77. The van der Waals surface area contributed by atoms with Crippen LogP contribution in [0, 0.1) is 0 Å². The maximum absolute atomic E-state index is 12.9. The SMILES string of the molecule is C/C(=N/NC(=O)/C(=C/c1ccc(N(C)C)cc1)NC(=O)c1ccccc1)c1ccccc1O. The molecule has 0 unspecified atom stereocenters. The summed E-state index contributed by atoms with van der Waals surface area (Å²) in [7, 11) is 3.88. The van der Waals surface area contributed by atoms with E-state index in [1.54, 1.807) is 61.5 Å². The van der Waals surface area contributed by atoms with E-state index in [9.17, 15) is 14.7 Å². The van der Waals surface area contributed by atoms with Gasteiger partial charge in [0.05, 0.1) is 5.71 Å². The number of hydrogen-bond donors (Lipinski definition) is 3. The lowest BCUT2D eigenvalue weighted by molar-refractivity contribution is -0.117. The van der Waals surface area contributed by atoms with Crippen LogP contribution in [-0.4, -0.2) is 36.7 Å². The normalized spacial score (nSPS) is 11.6. The molecule has 0 aliphatic rings.